The summed E-state index contributed by atoms with van der Waals surface area (Å²) in [5.41, 5.74) is 5.78. The van der Waals surface area contributed by atoms with Gasteiger partial charge in [-0.15, -0.1) is 0 Å². The fraction of sp³-hybridized carbons (Fsp3) is 1.00. The van der Waals surface area contributed by atoms with E-state index in [-0.39, 0.29) is 6.17 Å². The first-order chi connectivity index (χ1) is 6.08. The largest absolute Gasteiger partial charge is 0.378 e. The van der Waals surface area contributed by atoms with Crippen LogP contribution in [0.4, 0.5) is 0 Å². The lowest BCUT2D eigenvalue weighted by Gasteiger charge is -2.35. The zero-order valence-corrected chi connectivity index (χ0v) is 8.77. The van der Waals surface area contributed by atoms with Crippen molar-refractivity contribution in [1.82, 2.24) is 4.90 Å². The molecular formula is C9H22N2O2. The van der Waals surface area contributed by atoms with Crippen molar-refractivity contribution in [2.24, 2.45) is 5.73 Å². The van der Waals surface area contributed by atoms with Crippen LogP contribution in [0.3, 0.4) is 0 Å². The molecule has 0 saturated heterocycles. The second kappa shape index (κ2) is 6.32. The van der Waals surface area contributed by atoms with Gasteiger partial charge in [-0.2, -0.15) is 0 Å². The number of aliphatic hydroxyl groups is 2. The Labute approximate surface area is 80.3 Å². The Balaban J connectivity index is 4.34. The molecule has 4 heteroatoms. The highest BCUT2D eigenvalue weighted by atomic mass is 16.3. The van der Waals surface area contributed by atoms with Crippen LogP contribution in [0.15, 0.2) is 0 Å². The maximum absolute atomic E-state index is 9.61. The summed E-state index contributed by atoms with van der Waals surface area (Å²) >= 11 is 0. The first-order valence-electron chi connectivity index (χ1n) is 4.97. The van der Waals surface area contributed by atoms with Gasteiger partial charge in [-0.1, -0.05) is 20.8 Å². The van der Waals surface area contributed by atoms with E-state index in [0.717, 1.165) is 0 Å². The average molecular weight is 190 g/mol. The zero-order valence-electron chi connectivity index (χ0n) is 8.77. The maximum Gasteiger partial charge on any atom is 0.110 e. The van der Waals surface area contributed by atoms with E-state index < -0.39 is 12.5 Å². The molecule has 0 amide bonds. The molecule has 80 valence electrons. The van der Waals surface area contributed by atoms with Crippen LogP contribution in [0.25, 0.3) is 0 Å². The summed E-state index contributed by atoms with van der Waals surface area (Å²) in [6.45, 7) is 5.66. The first-order valence-corrected chi connectivity index (χ1v) is 4.97. The van der Waals surface area contributed by atoms with E-state index in [9.17, 15) is 10.2 Å². The SMILES string of the molecule is CCC(N)N(C(O)CC)C(O)CC. The Morgan fingerprint density at radius 2 is 1.38 bits per heavy atom. The molecular weight excluding hydrogens is 168 g/mol. The summed E-state index contributed by atoms with van der Waals surface area (Å²) in [5, 5.41) is 19.2. The van der Waals surface area contributed by atoms with E-state index in [1.807, 2.05) is 20.8 Å². The highest BCUT2D eigenvalue weighted by Gasteiger charge is 2.25. The van der Waals surface area contributed by atoms with Gasteiger partial charge in [-0.3, -0.25) is 0 Å². The molecule has 0 heterocycles. The van der Waals surface area contributed by atoms with E-state index in [4.69, 9.17) is 5.73 Å². The molecule has 0 fully saturated rings. The minimum Gasteiger partial charge on any atom is -0.378 e. The standard InChI is InChI=1S/C9H22N2O2/c1-4-7(10)11(8(12)5-2)9(13)6-3/h7-9,12-13H,4-6,10H2,1-3H3. The summed E-state index contributed by atoms with van der Waals surface area (Å²) in [5.74, 6) is 0. The normalized spacial score (nSPS) is 18.7. The fourth-order valence-electron chi connectivity index (χ4n) is 1.27. The van der Waals surface area contributed by atoms with Crippen LogP contribution in [0.5, 0.6) is 0 Å². The molecule has 0 radical (unpaired) electrons. The Morgan fingerprint density at radius 1 is 1.00 bits per heavy atom. The van der Waals surface area contributed by atoms with Gasteiger partial charge in [0.25, 0.3) is 0 Å². The summed E-state index contributed by atoms with van der Waals surface area (Å²) in [6, 6.07) is 0. The molecule has 3 atom stereocenters. The van der Waals surface area contributed by atoms with Gasteiger partial charge in [0.2, 0.25) is 0 Å². The quantitative estimate of drug-likeness (QED) is 0.532. The lowest BCUT2D eigenvalue weighted by atomic mass is 10.2. The van der Waals surface area contributed by atoms with Crippen molar-refractivity contribution in [3.63, 3.8) is 0 Å². The van der Waals surface area contributed by atoms with Gasteiger partial charge < -0.3 is 15.9 Å². The van der Waals surface area contributed by atoms with Crippen molar-refractivity contribution in [1.29, 1.82) is 0 Å². The lowest BCUT2D eigenvalue weighted by Crippen LogP contribution is -2.53. The number of rotatable bonds is 6. The minimum atomic E-state index is -0.648. The number of aliphatic hydroxyl groups excluding tert-OH is 2. The number of nitrogens with two attached hydrogens (primary N) is 1. The van der Waals surface area contributed by atoms with Crippen molar-refractivity contribution in [2.75, 3.05) is 0 Å². The van der Waals surface area contributed by atoms with Crippen molar-refractivity contribution in [2.45, 2.75) is 58.7 Å². The molecule has 0 aromatic heterocycles. The van der Waals surface area contributed by atoms with Gasteiger partial charge in [0.1, 0.15) is 12.5 Å². The molecule has 0 rings (SSSR count). The van der Waals surface area contributed by atoms with Crippen LogP contribution >= 0.6 is 0 Å². The van der Waals surface area contributed by atoms with E-state index in [2.05, 4.69) is 0 Å². The number of hydrogen-bond donors (Lipinski definition) is 3. The molecule has 0 aromatic rings. The van der Waals surface area contributed by atoms with Gasteiger partial charge >= 0.3 is 0 Å². The highest BCUT2D eigenvalue weighted by Crippen LogP contribution is 2.11. The van der Waals surface area contributed by atoms with Crippen molar-refractivity contribution in [3.8, 4) is 0 Å². The molecule has 0 aliphatic carbocycles. The predicted molar refractivity (Wildman–Crippen MR) is 52.7 cm³/mol. The summed E-state index contributed by atoms with van der Waals surface area (Å²) in [6.07, 6.45) is 0.295. The van der Waals surface area contributed by atoms with Gasteiger partial charge in [0, 0.05) is 0 Å². The molecule has 0 bridgehead atoms. The summed E-state index contributed by atoms with van der Waals surface area (Å²) in [7, 11) is 0. The fourth-order valence-corrected chi connectivity index (χ4v) is 1.27. The smallest absolute Gasteiger partial charge is 0.110 e. The third-order valence-electron chi connectivity index (χ3n) is 2.22. The van der Waals surface area contributed by atoms with E-state index in [0.29, 0.717) is 19.3 Å². The van der Waals surface area contributed by atoms with Gasteiger partial charge in [-0.25, -0.2) is 4.90 Å². The van der Waals surface area contributed by atoms with Crippen LogP contribution < -0.4 is 5.73 Å². The topological polar surface area (TPSA) is 69.7 Å². The second-order valence-electron chi connectivity index (χ2n) is 3.20. The summed E-state index contributed by atoms with van der Waals surface area (Å²) in [4.78, 5) is 1.56. The minimum absolute atomic E-state index is 0.273. The Bertz CT molecular complexity index is 109. The third-order valence-corrected chi connectivity index (χ3v) is 2.22. The van der Waals surface area contributed by atoms with Crippen LogP contribution in [-0.2, 0) is 0 Å². The van der Waals surface area contributed by atoms with E-state index in [1.165, 1.54) is 0 Å². The molecule has 4 N–H and O–H groups in total. The first kappa shape index (κ1) is 12.8. The zero-order chi connectivity index (χ0) is 10.4. The predicted octanol–water partition coefficient (Wildman–Crippen LogP) is 0.440. The monoisotopic (exact) mass is 190 g/mol. The van der Waals surface area contributed by atoms with Crippen LogP contribution in [0.2, 0.25) is 0 Å². The van der Waals surface area contributed by atoms with Crippen molar-refractivity contribution < 1.29 is 10.2 Å². The van der Waals surface area contributed by atoms with Crippen molar-refractivity contribution >= 4 is 0 Å². The summed E-state index contributed by atoms with van der Waals surface area (Å²) < 4.78 is 0. The molecule has 3 unspecified atom stereocenters. The molecule has 4 nitrogen and oxygen atoms in total. The second-order valence-corrected chi connectivity index (χ2v) is 3.20. The lowest BCUT2D eigenvalue weighted by molar-refractivity contribution is -0.127. The van der Waals surface area contributed by atoms with Crippen LogP contribution in [0, 0.1) is 0 Å². The van der Waals surface area contributed by atoms with E-state index in [1.54, 1.807) is 4.90 Å². The molecule has 0 spiro atoms. The van der Waals surface area contributed by atoms with E-state index >= 15 is 0 Å². The third kappa shape index (κ3) is 3.60. The molecule has 13 heavy (non-hydrogen) atoms. The average Bonchev–Trinajstić information content (AvgIpc) is 2.16. The highest BCUT2D eigenvalue weighted by molar-refractivity contribution is 4.69. The molecule has 0 saturated carbocycles. The van der Waals surface area contributed by atoms with Crippen LogP contribution in [0.1, 0.15) is 40.0 Å². The van der Waals surface area contributed by atoms with Crippen LogP contribution in [-0.4, -0.2) is 33.7 Å². The Hall–Kier alpha value is -0.160. The number of nitrogens with zero attached hydrogens (tertiary/aromatic N) is 1. The molecule has 0 aromatic carbocycles. The molecule has 0 aliphatic rings. The van der Waals surface area contributed by atoms with Crippen molar-refractivity contribution in [3.05, 3.63) is 0 Å². The molecule has 0 aliphatic heterocycles. The Morgan fingerprint density at radius 3 is 1.62 bits per heavy atom. The van der Waals surface area contributed by atoms with Gasteiger partial charge in [0.05, 0.1) is 6.17 Å². The maximum atomic E-state index is 9.61. The number of hydrogen-bond acceptors (Lipinski definition) is 4. The van der Waals surface area contributed by atoms with Gasteiger partial charge in [0.15, 0.2) is 0 Å². The van der Waals surface area contributed by atoms with Gasteiger partial charge in [-0.05, 0) is 19.3 Å². The Kier molecular flexibility index (Phi) is 6.24.